The molecule has 0 unspecified atom stereocenters. The summed E-state index contributed by atoms with van der Waals surface area (Å²) in [6.45, 7) is 2.28. The minimum atomic E-state index is -0.308. The van der Waals surface area contributed by atoms with Crippen LogP contribution in [0.2, 0.25) is 0 Å². The third-order valence-electron chi connectivity index (χ3n) is 3.51. The van der Waals surface area contributed by atoms with Gasteiger partial charge in [0.2, 0.25) is 0 Å². The molecule has 2 nitrogen and oxygen atoms in total. The van der Waals surface area contributed by atoms with E-state index in [9.17, 15) is 10.2 Å². The van der Waals surface area contributed by atoms with E-state index in [0.717, 1.165) is 22.9 Å². The summed E-state index contributed by atoms with van der Waals surface area (Å²) < 4.78 is 1.04. The fraction of sp³-hybridized carbons (Fsp3) is 0.625. The third-order valence-corrected chi connectivity index (χ3v) is 4.04. The predicted molar refractivity (Wildman–Crippen MR) is 83.4 cm³/mol. The molecule has 0 saturated heterocycles. The summed E-state index contributed by atoms with van der Waals surface area (Å²) in [5.74, 6) is 0.0364. The lowest BCUT2D eigenvalue weighted by Crippen LogP contribution is -2.15. The second-order valence-electron chi connectivity index (χ2n) is 5.17. The van der Waals surface area contributed by atoms with Gasteiger partial charge in [0.15, 0.2) is 0 Å². The molecule has 0 aliphatic carbocycles. The molecule has 108 valence electrons. The van der Waals surface area contributed by atoms with E-state index in [-0.39, 0.29) is 18.6 Å². The summed E-state index contributed by atoms with van der Waals surface area (Å²) in [4.78, 5) is 0. The van der Waals surface area contributed by atoms with Crippen molar-refractivity contribution in [3.05, 3.63) is 34.3 Å². The lowest BCUT2D eigenvalue weighted by molar-refractivity contribution is 0.126. The van der Waals surface area contributed by atoms with Crippen molar-refractivity contribution in [2.24, 2.45) is 0 Å². The first-order chi connectivity index (χ1) is 9.17. The fourth-order valence-corrected chi connectivity index (χ4v) is 2.57. The van der Waals surface area contributed by atoms with Gasteiger partial charge in [-0.3, -0.25) is 0 Å². The van der Waals surface area contributed by atoms with Crippen molar-refractivity contribution in [3.63, 3.8) is 0 Å². The van der Waals surface area contributed by atoms with Crippen LogP contribution >= 0.6 is 15.9 Å². The molecule has 3 heteroatoms. The minimum absolute atomic E-state index is 0.0364. The number of hydrogen-bond acceptors (Lipinski definition) is 2. The molecule has 0 fully saturated rings. The molecule has 0 bridgehead atoms. The van der Waals surface area contributed by atoms with Crippen molar-refractivity contribution in [2.75, 3.05) is 6.61 Å². The van der Waals surface area contributed by atoms with Gasteiger partial charge >= 0.3 is 0 Å². The molecular weight excluding hydrogens is 304 g/mol. The normalized spacial score (nSPS) is 14.3. The molecule has 0 amide bonds. The predicted octanol–water partition coefficient (Wildman–Crippen LogP) is 4.25. The summed E-state index contributed by atoms with van der Waals surface area (Å²) in [7, 11) is 0. The van der Waals surface area contributed by atoms with Crippen molar-refractivity contribution in [3.8, 4) is 0 Å². The molecule has 0 heterocycles. The van der Waals surface area contributed by atoms with Crippen LogP contribution in [0, 0.1) is 0 Å². The van der Waals surface area contributed by atoms with Crippen molar-refractivity contribution < 1.29 is 10.2 Å². The smallest absolute Gasteiger partial charge is 0.0547 e. The van der Waals surface area contributed by atoms with Gasteiger partial charge in [0, 0.05) is 10.4 Å². The van der Waals surface area contributed by atoms with E-state index in [1.54, 1.807) is 0 Å². The Balaban J connectivity index is 2.41. The van der Waals surface area contributed by atoms with Gasteiger partial charge in [-0.05, 0) is 30.5 Å². The van der Waals surface area contributed by atoms with Crippen LogP contribution in [-0.4, -0.2) is 22.9 Å². The van der Waals surface area contributed by atoms with Crippen molar-refractivity contribution in [1.82, 2.24) is 0 Å². The number of halogens is 1. The molecule has 1 rings (SSSR count). The molecule has 0 aliphatic rings. The van der Waals surface area contributed by atoms with Gasteiger partial charge in [0.25, 0.3) is 0 Å². The van der Waals surface area contributed by atoms with E-state index < -0.39 is 0 Å². The molecule has 0 spiro atoms. The van der Waals surface area contributed by atoms with Crippen LogP contribution in [0.4, 0.5) is 0 Å². The van der Waals surface area contributed by atoms with E-state index in [4.69, 9.17) is 0 Å². The van der Waals surface area contributed by atoms with Crippen LogP contribution in [0.5, 0.6) is 0 Å². The lowest BCUT2D eigenvalue weighted by Gasteiger charge is -2.19. The minimum Gasteiger partial charge on any atom is -0.396 e. The quantitative estimate of drug-likeness (QED) is 0.665. The topological polar surface area (TPSA) is 40.5 Å². The maximum absolute atomic E-state index is 10.0. The second kappa shape index (κ2) is 9.51. The number of hydrogen-bond donors (Lipinski definition) is 2. The highest BCUT2D eigenvalue weighted by atomic mass is 79.9. The van der Waals surface area contributed by atoms with Crippen LogP contribution in [0.15, 0.2) is 28.7 Å². The van der Waals surface area contributed by atoms with Gasteiger partial charge in [-0.1, -0.05) is 60.7 Å². The molecule has 0 aromatic heterocycles. The Labute approximate surface area is 125 Å². The number of aliphatic hydroxyl groups excluding tert-OH is 2. The molecule has 1 aromatic rings. The van der Waals surface area contributed by atoms with Crippen molar-refractivity contribution in [1.29, 1.82) is 0 Å². The second-order valence-corrected chi connectivity index (χ2v) is 6.09. The van der Waals surface area contributed by atoms with Gasteiger partial charge in [-0.15, -0.1) is 0 Å². The zero-order valence-electron chi connectivity index (χ0n) is 11.7. The summed E-state index contributed by atoms with van der Waals surface area (Å²) in [6.07, 6.45) is 5.90. The van der Waals surface area contributed by atoms with E-state index in [2.05, 4.69) is 22.9 Å². The number of unbranched alkanes of at least 4 members (excludes halogenated alkanes) is 3. The van der Waals surface area contributed by atoms with Crippen LogP contribution in [0.25, 0.3) is 0 Å². The average Bonchev–Trinajstić information content (AvgIpc) is 2.42. The van der Waals surface area contributed by atoms with Gasteiger partial charge in [0.1, 0.15) is 0 Å². The Morgan fingerprint density at radius 2 is 1.79 bits per heavy atom. The Morgan fingerprint density at radius 1 is 1.11 bits per heavy atom. The number of benzene rings is 1. The Bertz CT molecular complexity index is 337. The molecule has 0 aliphatic heterocycles. The molecule has 0 saturated carbocycles. The van der Waals surface area contributed by atoms with Crippen molar-refractivity contribution in [2.45, 2.75) is 57.5 Å². The van der Waals surface area contributed by atoms with E-state index in [1.807, 2.05) is 24.3 Å². The lowest BCUT2D eigenvalue weighted by atomic mass is 9.92. The van der Waals surface area contributed by atoms with Crippen LogP contribution in [0.3, 0.4) is 0 Å². The van der Waals surface area contributed by atoms with Gasteiger partial charge in [-0.25, -0.2) is 0 Å². The SMILES string of the molecule is CCCCCC[C@@H](O)C[C@H](CO)c1ccc(Br)cc1. The Hall–Kier alpha value is -0.380. The molecule has 2 N–H and O–H groups in total. The summed E-state index contributed by atoms with van der Waals surface area (Å²) >= 11 is 3.40. The van der Waals surface area contributed by atoms with Gasteiger partial charge in [-0.2, -0.15) is 0 Å². The first kappa shape index (κ1) is 16.7. The monoisotopic (exact) mass is 328 g/mol. The molecule has 2 atom stereocenters. The average molecular weight is 329 g/mol. The Kier molecular flexibility index (Phi) is 8.35. The summed E-state index contributed by atoms with van der Waals surface area (Å²) in [6, 6.07) is 7.97. The van der Waals surface area contributed by atoms with E-state index >= 15 is 0 Å². The third kappa shape index (κ3) is 6.55. The maximum atomic E-state index is 10.0. The van der Waals surface area contributed by atoms with Crippen LogP contribution in [0.1, 0.15) is 56.9 Å². The van der Waals surface area contributed by atoms with E-state index in [0.29, 0.717) is 6.42 Å². The standard InChI is InChI=1S/C16H25BrO2/c1-2-3-4-5-6-16(19)11-14(12-18)13-7-9-15(17)10-8-13/h7-10,14,16,18-19H,2-6,11-12H2,1H3/t14-,16-/m1/s1. The number of aliphatic hydroxyl groups is 2. The van der Waals surface area contributed by atoms with Gasteiger partial charge in [0.05, 0.1) is 12.7 Å². The highest BCUT2D eigenvalue weighted by molar-refractivity contribution is 9.10. The highest BCUT2D eigenvalue weighted by Gasteiger charge is 2.15. The molecular formula is C16H25BrO2. The fourth-order valence-electron chi connectivity index (χ4n) is 2.30. The largest absolute Gasteiger partial charge is 0.396 e. The van der Waals surface area contributed by atoms with Crippen LogP contribution in [-0.2, 0) is 0 Å². The number of rotatable bonds is 9. The maximum Gasteiger partial charge on any atom is 0.0547 e. The summed E-state index contributed by atoms with van der Waals surface area (Å²) in [5, 5.41) is 19.5. The molecule has 1 aromatic carbocycles. The zero-order chi connectivity index (χ0) is 14.1. The van der Waals surface area contributed by atoms with E-state index in [1.165, 1.54) is 19.3 Å². The molecule has 19 heavy (non-hydrogen) atoms. The van der Waals surface area contributed by atoms with Gasteiger partial charge < -0.3 is 10.2 Å². The zero-order valence-corrected chi connectivity index (χ0v) is 13.3. The first-order valence-electron chi connectivity index (χ1n) is 7.21. The molecule has 0 radical (unpaired) electrons. The Morgan fingerprint density at radius 3 is 2.37 bits per heavy atom. The van der Waals surface area contributed by atoms with Crippen LogP contribution < -0.4 is 0 Å². The van der Waals surface area contributed by atoms with Crippen molar-refractivity contribution >= 4 is 15.9 Å². The first-order valence-corrected chi connectivity index (χ1v) is 8.01. The highest BCUT2D eigenvalue weighted by Crippen LogP contribution is 2.24. The summed E-state index contributed by atoms with van der Waals surface area (Å²) in [5.41, 5.74) is 1.10.